The minimum Gasteiger partial charge on any atom is -0.331 e. The fourth-order valence-electron chi connectivity index (χ4n) is 3.88. The van der Waals surface area contributed by atoms with Crippen LogP contribution in [0.5, 0.6) is 0 Å². The molecule has 8 nitrogen and oxygen atoms in total. The van der Waals surface area contributed by atoms with E-state index in [0.29, 0.717) is 18.2 Å². The molecule has 0 spiro atoms. The Morgan fingerprint density at radius 1 is 1.13 bits per heavy atom. The standard InChI is InChI=1S/C23H36N4O4/c1-16-9-11-18(12-10-16)24-22(30)25-20(23(2,3)4)21(29)27(15-19(28)26-31)14-13-17-7-5-6-8-17/h9-12,17,20,31H,5-8,13-15H2,1-4H3,(H,26,28)(H2,24,25,30). The highest BCUT2D eigenvalue weighted by molar-refractivity contribution is 5.95. The second-order valence-electron chi connectivity index (χ2n) is 9.50. The van der Waals surface area contributed by atoms with Gasteiger partial charge >= 0.3 is 6.03 Å². The van der Waals surface area contributed by atoms with Gasteiger partial charge in [-0.15, -0.1) is 0 Å². The highest BCUT2D eigenvalue weighted by Gasteiger charge is 2.36. The highest BCUT2D eigenvalue weighted by atomic mass is 16.5. The van der Waals surface area contributed by atoms with Gasteiger partial charge in [-0.2, -0.15) is 0 Å². The van der Waals surface area contributed by atoms with Gasteiger partial charge in [-0.05, 0) is 36.8 Å². The fourth-order valence-corrected chi connectivity index (χ4v) is 3.88. The van der Waals surface area contributed by atoms with E-state index < -0.39 is 23.4 Å². The largest absolute Gasteiger partial charge is 0.331 e. The molecule has 1 unspecified atom stereocenters. The third-order valence-corrected chi connectivity index (χ3v) is 5.75. The number of hydrogen-bond donors (Lipinski definition) is 4. The molecule has 2 rings (SSSR count). The van der Waals surface area contributed by atoms with Crippen LogP contribution >= 0.6 is 0 Å². The molecule has 0 heterocycles. The first kappa shape index (κ1) is 24.7. The van der Waals surface area contributed by atoms with Gasteiger partial charge in [0.25, 0.3) is 5.91 Å². The number of urea groups is 1. The first-order chi connectivity index (χ1) is 14.6. The number of benzene rings is 1. The molecule has 0 aliphatic heterocycles. The zero-order valence-electron chi connectivity index (χ0n) is 19.0. The van der Waals surface area contributed by atoms with E-state index in [1.54, 1.807) is 17.6 Å². The first-order valence-corrected chi connectivity index (χ1v) is 11.0. The van der Waals surface area contributed by atoms with Crippen LogP contribution in [0.15, 0.2) is 24.3 Å². The third kappa shape index (κ3) is 7.86. The normalized spacial score (nSPS) is 15.3. The molecule has 0 aromatic heterocycles. The molecule has 172 valence electrons. The Balaban J connectivity index is 2.11. The molecular formula is C23H36N4O4. The topological polar surface area (TPSA) is 111 Å². The summed E-state index contributed by atoms with van der Waals surface area (Å²) < 4.78 is 0. The van der Waals surface area contributed by atoms with Gasteiger partial charge < -0.3 is 15.5 Å². The van der Waals surface area contributed by atoms with Gasteiger partial charge in [0.2, 0.25) is 5.91 Å². The molecule has 8 heteroatoms. The Bertz CT molecular complexity index is 752. The summed E-state index contributed by atoms with van der Waals surface area (Å²) in [5.74, 6) is -0.455. The Kier molecular flexibility index (Phi) is 8.86. The summed E-state index contributed by atoms with van der Waals surface area (Å²) in [4.78, 5) is 39.3. The van der Waals surface area contributed by atoms with Crippen molar-refractivity contribution in [3.63, 3.8) is 0 Å². The van der Waals surface area contributed by atoms with E-state index in [9.17, 15) is 14.4 Å². The third-order valence-electron chi connectivity index (χ3n) is 5.75. The van der Waals surface area contributed by atoms with Crippen molar-refractivity contribution in [3.05, 3.63) is 29.8 Å². The van der Waals surface area contributed by atoms with Crippen molar-refractivity contribution in [3.8, 4) is 0 Å². The van der Waals surface area contributed by atoms with E-state index in [4.69, 9.17) is 5.21 Å². The van der Waals surface area contributed by atoms with E-state index in [2.05, 4.69) is 10.6 Å². The molecule has 4 N–H and O–H groups in total. The quantitative estimate of drug-likeness (QED) is 0.372. The maximum atomic E-state index is 13.4. The van der Waals surface area contributed by atoms with Crippen LogP contribution in [0.3, 0.4) is 0 Å². The van der Waals surface area contributed by atoms with Crippen LogP contribution < -0.4 is 16.1 Å². The molecule has 4 amide bonds. The molecule has 31 heavy (non-hydrogen) atoms. The van der Waals surface area contributed by atoms with Crippen molar-refractivity contribution in [2.45, 2.75) is 65.8 Å². The number of nitrogens with one attached hydrogen (secondary N) is 3. The SMILES string of the molecule is Cc1ccc(NC(=O)NC(C(=O)N(CCC2CCCC2)CC(=O)NO)C(C)(C)C)cc1. The predicted octanol–water partition coefficient (Wildman–Crippen LogP) is 3.45. The lowest BCUT2D eigenvalue weighted by molar-refractivity contribution is -0.142. The number of carbonyl (C=O) groups is 3. The predicted molar refractivity (Wildman–Crippen MR) is 120 cm³/mol. The van der Waals surface area contributed by atoms with Crippen LogP contribution in [-0.2, 0) is 9.59 Å². The number of aryl methyl sites for hydroxylation is 1. The number of carbonyl (C=O) groups excluding carboxylic acids is 3. The zero-order valence-corrected chi connectivity index (χ0v) is 19.0. The van der Waals surface area contributed by atoms with E-state index >= 15 is 0 Å². The maximum absolute atomic E-state index is 13.4. The average molecular weight is 433 g/mol. The molecule has 1 aliphatic rings. The van der Waals surface area contributed by atoms with Crippen LogP contribution in [0.25, 0.3) is 0 Å². The average Bonchev–Trinajstić information content (AvgIpc) is 3.23. The summed E-state index contributed by atoms with van der Waals surface area (Å²) in [6.45, 7) is 7.70. The van der Waals surface area contributed by atoms with Crippen LogP contribution in [0.2, 0.25) is 0 Å². The van der Waals surface area contributed by atoms with Crippen LogP contribution in [0.1, 0.15) is 58.4 Å². The Labute approximate surface area is 184 Å². The minimum atomic E-state index is -0.840. The van der Waals surface area contributed by atoms with E-state index in [0.717, 1.165) is 24.8 Å². The van der Waals surface area contributed by atoms with Gasteiger partial charge in [-0.3, -0.25) is 14.8 Å². The number of amides is 4. The van der Waals surface area contributed by atoms with Gasteiger partial charge in [0, 0.05) is 12.2 Å². The molecule has 1 fully saturated rings. The van der Waals surface area contributed by atoms with Crippen molar-refractivity contribution >= 4 is 23.5 Å². The molecule has 1 saturated carbocycles. The smallest absolute Gasteiger partial charge is 0.319 e. The Hall–Kier alpha value is -2.61. The summed E-state index contributed by atoms with van der Waals surface area (Å²) in [7, 11) is 0. The maximum Gasteiger partial charge on any atom is 0.319 e. The van der Waals surface area contributed by atoms with Crippen molar-refractivity contribution in [2.75, 3.05) is 18.4 Å². The van der Waals surface area contributed by atoms with Crippen molar-refractivity contribution < 1.29 is 19.6 Å². The lowest BCUT2D eigenvalue weighted by Crippen LogP contribution is -2.57. The van der Waals surface area contributed by atoms with Crippen LogP contribution in [0, 0.1) is 18.3 Å². The lowest BCUT2D eigenvalue weighted by Gasteiger charge is -2.35. The number of hydroxylamine groups is 1. The highest BCUT2D eigenvalue weighted by Crippen LogP contribution is 2.28. The number of nitrogens with zero attached hydrogens (tertiary/aromatic N) is 1. The first-order valence-electron chi connectivity index (χ1n) is 11.0. The van der Waals surface area contributed by atoms with Crippen molar-refractivity contribution in [2.24, 2.45) is 11.3 Å². The lowest BCUT2D eigenvalue weighted by atomic mass is 9.85. The van der Waals surface area contributed by atoms with Gasteiger partial charge in [-0.25, -0.2) is 10.3 Å². The Morgan fingerprint density at radius 2 is 1.74 bits per heavy atom. The molecule has 1 aromatic rings. The monoisotopic (exact) mass is 432 g/mol. The summed E-state index contributed by atoms with van der Waals surface area (Å²) in [6, 6.07) is 6.04. The summed E-state index contributed by atoms with van der Waals surface area (Å²) in [5.41, 5.74) is 2.72. The van der Waals surface area contributed by atoms with E-state index in [-0.39, 0.29) is 12.5 Å². The molecule has 0 saturated heterocycles. The molecule has 0 bridgehead atoms. The second kappa shape index (κ2) is 11.1. The zero-order chi connectivity index (χ0) is 23.0. The Morgan fingerprint density at radius 3 is 2.29 bits per heavy atom. The summed E-state index contributed by atoms with van der Waals surface area (Å²) >= 11 is 0. The van der Waals surface area contributed by atoms with Crippen LogP contribution in [0.4, 0.5) is 10.5 Å². The van der Waals surface area contributed by atoms with Gasteiger partial charge in [0.1, 0.15) is 12.6 Å². The minimum absolute atomic E-state index is 0.254. The van der Waals surface area contributed by atoms with Gasteiger partial charge in [0.05, 0.1) is 0 Å². The van der Waals surface area contributed by atoms with Crippen LogP contribution in [-0.4, -0.2) is 47.1 Å². The number of rotatable bonds is 8. The second-order valence-corrected chi connectivity index (χ2v) is 9.50. The van der Waals surface area contributed by atoms with Gasteiger partial charge in [-0.1, -0.05) is 64.2 Å². The number of anilines is 1. The molecule has 1 atom stereocenters. The number of hydrogen-bond acceptors (Lipinski definition) is 4. The summed E-state index contributed by atoms with van der Waals surface area (Å²) in [5, 5.41) is 14.5. The van der Waals surface area contributed by atoms with E-state index in [1.807, 2.05) is 39.8 Å². The molecule has 1 aromatic carbocycles. The van der Waals surface area contributed by atoms with E-state index in [1.165, 1.54) is 17.7 Å². The van der Waals surface area contributed by atoms with Gasteiger partial charge in [0.15, 0.2) is 0 Å². The molecule has 1 aliphatic carbocycles. The summed E-state index contributed by atoms with van der Waals surface area (Å²) in [6.07, 6.45) is 5.46. The molecular weight excluding hydrogens is 396 g/mol. The van der Waals surface area contributed by atoms with Crippen molar-refractivity contribution in [1.82, 2.24) is 15.7 Å². The fraction of sp³-hybridized carbons (Fsp3) is 0.609. The molecule has 0 radical (unpaired) electrons. The van der Waals surface area contributed by atoms with Crippen molar-refractivity contribution in [1.29, 1.82) is 0 Å².